The van der Waals surface area contributed by atoms with Gasteiger partial charge in [0.2, 0.25) is 5.88 Å². The monoisotopic (exact) mass is 121 g/mol. The number of aromatic nitrogens is 1. The number of rotatable bonds is 1. The van der Waals surface area contributed by atoms with Crippen LogP contribution in [0.1, 0.15) is 0 Å². The van der Waals surface area contributed by atoms with Crippen molar-refractivity contribution in [2.45, 2.75) is 0 Å². The SMILES string of the molecule is Bc1cccc(OC)n1. The summed E-state index contributed by atoms with van der Waals surface area (Å²) in [5, 5.41) is 0. The lowest BCUT2D eigenvalue weighted by Crippen LogP contribution is -2.07. The molecular weight excluding hydrogens is 113 g/mol. The molecule has 0 saturated heterocycles. The van der Waals surface area contributed by atoms with E-state index in [0.29, 0.717) is 5.88 Å². The van der Waals surface area contributed by atoms with Crippen LogP contribution in [0.5, 0.6) is 5.88 Å². The summed E-state index contributed by atoms with van der Waals surface area (Å²) >= 11 is 0. The molecule has 1 aromatic rings. The highest BCUT2D eigenvalue weighted by Gasteiger charge is 1.88. The Morgan fingerprint density at radius 3 is 2.78 bits per heavy atom. The van der Waals surface area contributed by atoms with Crippen molar-refractivity contribution in [1.29, 1.82) is 0 Å². The highest BCUT2D eigenvalue weighted by atomic mass is 16.5. The second kappa shape index (κ2) is 2.53. The second-order valence-corrected chi connectivity index (χ2v) is 1.82. The minimum absolute atomic E-state index is 0.676. The van der Waals surface area contributed by atoms with Crippen molar-refractivity contribution >= 4 is 13.4 Å². The Kier molecular flexibility index (Phi) is 1.73. The van der Waals surface area contributed by atoms with Crippen LogP contribution < -0.4 is 10.3 Å². The molecule has 0 aliphatic heterocycles. The quantitative estimate of drug-likeness (QED) is 0.460. The molecule has 0 fully saturated rings. The fourth-order valence-corrected chi connectivity index (χ4v) is 0.632. The Labute approximate surface area is 55.3 Å². The first-order chi connectivity index (χ1) is 4.33. The lowest BCUT2D eigenvalue weighted by Gasteiger charge is -1.96. The molecule has 0 aromatic carbocycles. The van der Waals surface area contributed by atoms with Crippen molar-refractivity contribution < 1.29 is 4.74 Å². The average molecular weight is 121 g/mol. The van der Waals surface area contributed by atoms with E-state index in [2.05, 4.69) is 4.98 Å². The maximum Gasteiger partial charge on any atom is 0.212 e. The zero-order chi connectivity index (χ0) is 6.69. The molecule has 1 rings (SSSR count). The zero-order valence-electron chi connectivity index (χ0n) is 5.59. The fourth-order valence-electron chi connectivity index (χ4n) is 0.632. The number of hydrogen-bond donors (Lipinski definition) is 0. The summed E-state index contributed by atoms with van der Waals surface area (Å²) in [7, 11) is 3.55. The van der Waals surface area contributed by atoms with Gasteiger partial charge in [0.1, 0.15) is 0 Å². The first-order valence-corrected chi connectivity index (χ1v) is 2.80. The summed E-state index contributed by atoms with van der Waals surface area (Å²) in [5.41, 5.74) is 0.981. The summed E-state index contributed by atoms with van der Waals surface area (Å²) < 4.78 is 4.88. The molecular formula is C6H8BNO. The van der Waals surface area contributed by atoms with Crippen molar-refractivity contribution in [2.75, 3.05) is 7.11 Å². The predicted molar refractivity (Wildman–Crippen MR) is 39.0 cm³/mol. The van der Waals surface area contributed by atoms with Gasteiger partial charge >= 0.3 is 0 Å². The van der Waals surface area contributed by atoms with Crippen LogP contribution in [0.3, 0.4) is 0 Å². The molecule has 0 spiro atoms. The lowest BCUT2D eigenvalue weighted by atomic mass is 10.0. The van der Waals surface area contributed by atoms with Gasteiger partial charge in [-0.3, -0.25) is 0 Å². The van der Waals surface area contributed by atoms with Crippen LogP contribution in [-0.4, -0.2) is 19.9 Å². The van der Waals surface area contributed by atoms with Gasteiger partial charge in [0.05, 0.1) is 7.11 Å². The van der Waals surface area contributed by atoms with E-state index >= 15 is 0 Å². The van der Waals surface area contributed by atoms with Gasteiger partial charge < -0.3 is 4.74 Å². The number of methoxy groups -OCH3 is 1. The molecule has 0 unspecified atom stereocenters. The molecule has 9 heavy (non-hydrogen) atoms. The molecule has 0 saturated carbocycles. The van der Waals surface area contributed by atoms with E-state index in [1.165, 1.54) is 0 Å². The molecule has 0 N–H and O–H groups in total. The molecule has 46 valence electrons. The second-order valence-electron chi connectivity index (χ2n) is 1.82. The third-order valence-electron chi connectivity index (χ3n) is 1.07. The molecule has 1 aromatic heterocycles. The molecule has 0 bridgehead atoms. The first-order valence-electron chi connectivity index (χ1n) is 2.80. The van der Waals surface area contributed by atoms with Gasteiger partial charge in [-0.25, -0.2) is 4.98 Å². The molecule has 2 nitrogen and oxygen atoms in total. The largest absolute Gasteiger partial charge is 0.481 e. The van der Waals surface area contributed by atoms with Gasteiger partial charge in [-0.2, -0.15) is 0 Å². The summed E-state index contributed by atoms with van der Waals surface area (Å²) in [6.45, 7) is 0. The van der Waals surface area contributed by atoms with Gasteiger partial charge in [-0.1, -0.05) is 12.1 Å². The predicted octanol–water partition coefficient (Wildman–Crippen LogP) is -0.651. The zero-order valence-corrected chi connectivity index (χ0v) is 5.59. The molecule has 0 amide bonds. The van der Waals surface area contributed by atoms with Crippen molar-refractivity contribution in [3.05, 3.63) is 18.2 Å². The minimum atomic E-state index is 0.676. The van der Waals surface area contributed by atoms with Crippen LogP contribution in [0.4, 0.5) is 0 Å². The van der Waals surface area contributed by atoms with Crippen molar-refractivity contribution in [3.8, 4) is 5.88 Å². The number of pyridine rings is 1. The average Bonchev–Trinajstić information content (AvgIpc) is 1.88. The Morgan fingerprint density at radius 1 is 1.56 bits per heavy atom. The maximum absolute atomic E-state index is 4.88. The van der Waals surface area contributed by atoms with Crippen molar-refractivity contribution in [2.24, 2.45) is 0 Å². The topological polar surface area (TPSA) is 22.1 Å². The van der Waals surface area contributed by atoms with E-state index < -0.39 is 0 Å². The third-order valence-corrected chi connectivity index (χ3v) is 1.07. The van der Waals surface area contributed by atoms with Crippen molar-refractivity contribution in [1.82, 2.24) is 4.98 Å². The third kappa shape index (κ3) is 1.45. The standard InChI is InChI=1S/C6H8BNO/c1-9-6-4-2-3-5(7)8-6/h2-4H,7H2,1H3. The van der Waals surface area contributed by atoms with Crippen LogP contribution in [0.25, 0.3) is 0 Å². The number of ether oxygens (including phenoxy) is 1. The van der Waals surface area contributed by atoms with E-state index in [-0.39, 0.29) is 0 Å². The van der Waals surface area contributed by atoms with E-state index in [9.17, 15) is 0 Å². The molecule has 0 atom stereocenters. The Balaban J connectivity index is 2.94. The molecule has 0 radical (unpaired) electrons. The van der Waals surface area contributed by atoms with Gasteiger partial charge in [0, 0.05) is 6.07 Å². The maximum atomic E-state index is 4.88. The number of hydrogen-bond acceptors (Lipinski definition) is 2. The van der Waals surface area contributed by atoms with Gasteiger partial charge in [-0.15, -0.1) is 0 Å². The Hall–Kier alpha value is -0.985. The van der Waals surface area contributed by atoms with Gasteiger partial charge in [0.15, 0.2) is 7.85 Å². The summed E-state index contributed by atoms with van der Waals surface area (Å²) in [6, 6.07) is 5.68. The summed E-state index contributed by atoms with van der Waals surface area (Å²) in [6.07, 6.45) is 0. The van der Waals surface area contributed by atoms with E-state index in [4.69, 9.17) is 4.74 Å². The fraction of sp³-hybridized carbons (Fsp3) is 0.167. The minimum Gasteiger partial charge on any atom is -0.481 e. The van der Waals surface area contributed by atoms with Gasteiger partial charge in [-0.05, 0) is 5.59 Å². The number of nitrogens with zero attached hydrogens (tertiary/aromatic N) is 1. The smallest absolute Gasteiger partial charge is 0.212 e. The molecule has 3 heteroatoms. The summed E-state index contributed by atoms with van der Waals surface area (Å²) in [5.74, 6) is 0.676. The van der Waals surface area contributed by atoms with E-state index in [1.807, 2.05) is 26.0 Å². The van der Waals surface area contributed by atoms with Crippen LogP contribution in [0.15, 0.2) is 18.2 Å². The van der Waals surface area contributed by atoms with Crippen LogP contribution >= 0.6 is 0 Å². The Morgan fingerprint density at radius 2 is 2.33 bits per heavy atom. The van der Waals surface area contributed by atoms with Crippen LogP contribution in [-0.2, 0) is 0 Å². The van der Waals surface area contributed by atoms with Crippen LogP contribution in [0.2, 0.25) is 0 Å². The first kappa shape index (κ1) is 6.14. The summed E-state index contributed by atoms with van der Waals surface area (Å²) in [4.78, 5) is 4.07. The van der Waals surface area contributed by atoms with Gasteiger partial charge in [0.25, 0.3) is 0 Å². The van der Waals surface area contributed by atoms with E-state index in [0.717, 1.165) is 5.59 Å². The Bertz CT molecular complexity index is 202. The van der Waals surface area contributed by atoms with Crippen LogP contribution in [0, 0.1) is 0 Å². The van der Waals surface area contributed by atoms with Crippen molar-refractivity contribution in [3.63, 3.8) is 0 Å². The highest BCUT2D eigenvalue weighted by molar-refractivity contribution is 6.30. The lowest BCUT2D eigenvalue weighted by molar-refractivity contribution is 0.399. The molecule has 0 aliphatic carbocycles. The molecule has 1 heterocycles. The normalized spacial score (nSPS) is 9.00. The molecule has 0 aliphatic rings. The van der Waals surface area contributed by atoms with E-state index in [1.54, 1.807) is 7.11 Å². The highest BCUT2D eigenvalue weighted by Crippen LogP contribution is 1.98.